The first kappa shape index (κ1) is 28.8. The van der Waals surface area contributed by atoms with Gasteiger partial charge in [0.1, 0.15) is 17.2 Å². The highest BCUT2D eigenvalue weighted by atomic mass is 16.7. The summed E-state index contributed by atoms with van der Waals surface area (Å²) in [5.74, 6) is 0.719. The minimum Gasteiger partial charge on any atom is -0.468 e. The highest BCUT2D eigenvalue weighted by Crippen LogP contribution is 2.30. The zero-order chi connectivity index (χ0) is 28.7. The molecule has 0 unspecified atom stereocenters. The molecule has 11 nitrogen and oxygen atoms in total. The van der Waals surface area contributed by atoms with Crippen molar-refractivity contribution in [1.29, 1.82) is 0 Å². The van der Waals surface area contributed by atoms with E-state index in [-0.39, 0.29) is 25.8 Å². The number of aliphatic hydroxyl groups is 1. The SMILES string of the molecule is COCOc1ccc2c(c1)CN(C(=O)OC(C)(C)C)[C@H]([C@H](O)CNC(=O)c1ccnc(Nc3cccnc3)c1)C2. The van der Waals surface area contributed by atoms with Crippen LogP contribution in [0.15, 0.2) is 61.1 Å². The highest BCUT2D eigenvalue weighted by Gasteiger charge is 2.37. The molecule has 2 atom stereocenters. The lowest BCUT2D eigenvalue weighted by molar-refractivity contribution is -0.0114. The molecule has 3 heterocycles. The Kier molecular flexibility index (Phi) is 9.18. The Morgan fingerprint density at radius 1 is 1.15 bits per heavy atom. The summed E-state index contributed by atoms with van der Waals surface area (Å²) in [6.45, 7) is 5.62. The van der Waals surface area contributed by atoms with Crippen molar-refractivity contribution < 1.29 is 28.9 Å². The zero-order valence-corrected chi connectivity index (χ0v) is 23.1. The number of nitrogens with one attached hydrogen (secondary N) is 2. The first-order valence-corrected chi connectivity index (χ1v) is 13.0. The quantitative estimate of drug-likeness (QED) is 0.342. The number of aliphatic hydroxyl groups excluding tert-OH is 1. The molecule has 3 N–H and O–H groups in total. The highest BCUT2D eigenvalue weighted by molar-refractivity contribution is 5.94. The van der Waals surface area contributed by atoms with Crippen molar-refractivity contribution in [2.24, 2.45) is 0 Å². The summed E-state index contributed by atoms with van der Waals surface area (Å²) >= 11 is 0. The van der Waals surface area contributed by atoms with Crippen LogP contribution in [0.3, 0.4) is 0 Å². The Labute approximate surface area is 233 Å². The Hall–Kier alpha value is -4.22. The van der Waals surface area contributed by atoms with Gasteiger partial charge in [-0.3, -0.25) is 14.7 Å². The number of hydrogen-bond donors (Lipinski definition) is 3. The average molecular weight is 550 g/mol. The van der Waals surface area contributed by atoms with Crippen molar-refractivity contribution >= 4 is 23.5 Å². The fourth-order valence-electron chi connectivity index (χ4n) is 4.33. The third kappa shape index (κ3) is 7.67. The summed E-state index contributed by atoms with van der Waals surface area (Å²) in [4.78, 5) is 35.9. The number of pyridine rings is 2. The lowest BCUT2D eigenvalue weighted by Crippen LogP contribution is -2.54. The van der Waals surface area contributed by atoms with Crippen molar-refractivity contribution in [3.63, 3.8) is 0 Å². The van der Waals surface area contributed by atoms with E-state index in [0.29, 0.717) is 23.6 Å². The maximum Gasteiger partial charge on any atom is 0.410 e. The summed E-state index contributed by atoms with van der Waals surface area (Å²) in [6.07, 6.45) is 3.62. The number of anilines is 2. The smallest absolute Gasteiger partial charge is 0.410 e. The molecule has 1 aromatic carbocycles. The number of benzene rings is 1. The molecule has 4 rings (SSSR count). The van der Waals surface area contributed by atoms with Crippen LogP contribution in [0.4, 0.5) is 16.3 Å². The van der Waals surface area contributed by atoms with Gasteiger partial charge in [0.15, 0.2) is 6.79 Å². The van der Waals surface area contributed by atoms with E-state index in [1.54, 1.807) is 58.5 Å². The van der Waals surface area contributed by atoms with E-state index in [4.69, 9.17) is 14.2 Å². The molecule has 3 aromatic rings. The van der Waals surface area contributed by atoms with Crippen molar-refractivity contribution in [1.82, 2.24) is 20.2 Å². The summed E-state index contributed by atoms with van der Waals surface area (Å²) in [5, 5.41) is 17.1. The van der Waals surface area contributed by atoms with Gasteiger partial charge in [-0.25, -0.2) is 9.78 Å². The van der Waals surface area contributed by atoms with Crippen molar-refractivity contribution in [2.45, 2.75) is 51.5 Å². The molecule has 0 fully saturated rings. The first-order chi connectivity index (χ1) is 19.1. The predicted octanol–water partition coefficient (Wildman–Crippen LogP) is 3.66. The van der Waals surface area contributed by atoms with Crippen molar-refractivity contribution in [2.75, 3.05) is 25.8 Å². The average Bonchev–Trinajstić information content (AvgIpc) is 2.93. The number of hydrogen-bond acceptors (Lipinski definition) is 9. The van der Waals surface area contributed by atoms with Gasteiger partial charge in [-0.2, -0.15) is 0 Å². The molecule has 0 saturated heterocycles. The van der Waals surface area contributed by atoms with Gasteiger partial charge in [-0.15, -0.1) is 0 Å². The second-order valence-electron chi connectivity index (χ2n) is 10.4. The summed E-state index contributed by atoms with van der Waals surface area (Å²) < 4.78 is 16.2. The van der Waals surface area contributed by atoms with Gasteiger partial charge in [-0.1, -0.05) is 6.07 Å². The molecule has 0 spiro atoms. The lowest BCUT2D eigenvalue weighted by Gasteiger charge is -2.40. The molecule has 1 aliphatic heterocycles. The standard InChI is InChI=1S/C29H35N5O6/c1-29(2,3)40-28(37)34-17-21-12-23(39-18-38-4)8-7-19(21)13-24(34)25(35)16-32-27(36)20-9-11-31-26(14-20)33-22-6-5-10-30-15-22/h5-12,14-15,24-25,35H,13,16-18H2,1-4H3,(H,31,33)(H,32,36)/t24-,25+/m0/s1. The lowest BCUT2D eigenvalue weighted by atomic mass is 9.91. The molecule has 2 aromatic heterocycles. The van der Waals surface area contributed by atoms with E-state index in [2.05, 4.69) is 20.6 Å². The fourth-order valence-corrected chi connectivity index (χ4v) is 4.33. The van der Waals surface area contributed by atoms with Crippen molar-refractivity contribution in [3.05, 3.63) is 77.7 Å². The van der Waals surface area contributed by atoms with Crippen LogP contribution in [-0.2, 0) is 22.4 Å². The van der Waals surface area contributed by atoms with Gasteiger partial charge in [0.05, 0.1) is 24.0 Å². The van der Waals surface area contributed by atoms with Gasteiger partial charge < -0.3 is 30.0 Å². The van der Waals surface area contributed by atoms with Crippen LogP contribution in [-0.4, -0.2) is 70.2 Å². The fraction of sp³-hybridized carbons (Fsp3) is 0.379. The number of carbonyl (C=O) groups is 2. The van der Waals surface area contributed by atoms with Gasteiger partial charge in [0.25, 0.3) is 5.91 Å². The molecule has 212 valence electrons. The maximum atomic E-state index is 13.2. The topological polar surface area (TPSA) is 135 Å². The van der Waals surface area contributed by atoms with E-state index < -0.39 is 23.8 Å². The number of aromatic nitrogens is 2. The van der Waals surface area contributed by atoms with Crippen LogP contribution in [0.1, 0.15) is 42.3 Å². The normalized spacial score (nSPS) is 15.5. The molecule has 11 heteroatoms. The number of fused-ring (bicyclic) bond motifs is 1. The monoisotopic (exact) mass is 549 g/mol. The molecular weight excluding hydrogens is 514 g/mol. The third-order valence-corrected chi connectivity index (χ3v) is 6.19. The maximum absolute atomic E-state index is 13.2. The molecular formula is C29H35N5O6. The Bertz CT molecular complexity index is 1310. The molecule has 2 amide bonds. The minimum atomic E-state index is -1.05. The number of amides is 2. The van der Waals surface area contributed by atoms with E-state index in [0.717, 1.165) is 16.8 Å². The summed E-state index contributed by atoms with van der Waals surface area (Å²) in [6, 6.07) is 11.8. The van der Waals surface area contributed by atoms with Crippen LogP contribution in [0.2, 0.25) is 0 Å². The van der Waals surface area contributed by atoms with Crippen LogP contribution < -0.4 is 15.4 Å². The second kappa shape index (κ2) is 12.8. The van der Waals surface area contributed by atoms with E-state index in [9.17, 15) is 14.7 Å². The van der Waals surface area contributed by atoms with Crippen LogP contribution in [0.25, 0.3) is 0 Å². The van der Waals surface area contributed by atoms with E-state index in [1.807, 2.05) is 24.3 Å². The number of methoxy groups -OCH3 is 1. The van der Waals surface area contributed by atoms with Crippen LogP contribution in [0.5, 0.6) is 5.75 Å². The molecule has 0 saturated carbocycles. The number of carbonyl (C=O) groups excluding carboxylic acids is 2. The minimum absolute atomic E-state index is 0.0686. The molecule has 0 bridgehead atoms. The number of ether oxygens (including phenoxy) is 3. The van der Waals surface area contributed by atoms with Gasteiger partial charge in [0, 0.05) is 38.2 Å². The first-order valence-electron chi connectivity index (χ1n) is 13.0. The second-order valence-corrected chi connectivity index (χ2v) is 10.4. The number of rotatable bonds is 9. The third-order valence-electron chi connectivity index (χ3n) is 6.19. The van der Waals surface area contributed by atoms with E-state index in [1.165, 1.54) is 11.1 Å². The van der Waals surface area contributed by atoms with Crippen LogP contribution in [0, 0.1) is 0 Å². The molecule has 0 aliphatic carbocycles. The zero-order valence-electron chi connectivity index (χ0n) is 23.1. The van der Waals surface area contributed by atoms with Crippen molar-refractivity contribution in [3.8, 4) is 5.75 Å². The molecule has 40 heavy (non-hydrogen) atoms. The largest absolute Gasteiger partial charge is 0.468 e. The van der Waals surface area contributed by atoms with Gasteiger partial charge >= 0.3 is 6.09 Å². The predicted molar refractivity (Wildman–Crippen MR) is 148 cm³/mol. The summed E-state index contributed by atoms with van der Waals surface area (Å²) in [5.41, 5.74) is 2.25. The summed E-state index contributed by atoms with van der Waals surface area (Å²) in [7, 11) is 1.54. The Morgan fingerprint density at radius 3 is 2.70 bits per heavy atom. The molecule has 0 radical (unpaired) electrons. The Morgan fingerprint density at radius 2 is 1.98 bits per heavy atom. The molecule has 1 aliphatic rings. The van der Waals surface area contributed by atoms with Crippen LogP contribution >= 0.6 is 0 Å². The van der Waals surface area contributed by atoms with Gasteiger partial charge in [0.2, 0.25) is 0 Å². The Balaban J connectivity index is 1.46. The number of nitrogens with zero attached hydrogens (tertiary/aromatic N) is 3. The van der Waals surface area contributed by atoms with E-state index >= 15 is 0 Å². The van der Waals surface area contributed by atoms with Gasteiger partial charge in [-0.05, 0) is 74.7 Å².